The lowest BCUT2D eigenvalue weighted by Gasteiger charge is -2.32. The summed E-state index contributed by atoms with van der Waals surface area (Å²) in [7, 11) is 0. The molecule has 0 fully saturated rings. The molecule has 2 aromatic carbocycles. The number of carbonyl (C=O) groups is 4. The monoisotopic (exact) mass is 629 g/mol. The summed E-state index contributed by atoms with van der Waals surface area (Å²) in [5, 5.41) is 32.1. The van der Waals surface area contributed by atoms with E-state index in [0.29, 0.717) is 23.1 Å². The summed E-state index contributed by atoms with van der Waals surface area (Å²) in [6.07, 6.45) is -4.61. The molecule has 246 valence electrons. The van der Waals surface area contributed by atoms with E-state index in [2.05, 4.69) is 0 Å². The number of phenols is 1. The first kappa shape index (κ1) is 36.4. The number of phenolic OH excluding ortho intramolecular Hbond substituents is 1. The summed E-state index contributed by atoms with van der Waals surface area (Å²) < 4.78 is 43.9. The SMILES string of the molecule is CCOc1ccc(-c2ccc(O)c3c2CC(CC(CCO)C(CO)C(=O)CC(C)=O)CC3=O)cc1CNC(=O)C(F)(F)F.O.[HH].[HH]. The second-order valence-corrected chi connectivity index (χ2v) is 10.8. The van der Waals surface area contributed by atoms with Crippen LogP contribution in [0.4, 0.5) is 13.2 Å². The van der Waals surface area contributed by atoms with Gasteiger partial charge in [-0.2, -0.15) is 13.2 Å². The zero-order chi connectivity index (χ0) is 31.9. The molecule has 10 nitrogen and oxygen atoms in total. The number of aliphatic hydroxyl groups excluding tert-OH is 2. The van der Waals surface area contributed by atoms with Gasteiger partial charge in [0.2, 0.25) is 0 Å². The van der Waals surface area contributed by atoms with Crippen LogP contribution in [0.15, 0.2) is 30.3 Å². The number of nitrogens with one attached hydrogen (secondary N) is 1. The minimum absolute atomic E-state index is 0. The quantitative estimate of drug-likeness (QED) is 0.229. The van der Waals surface area contributed by atoms with Gasteiger partial charge < -0.3 is 30.8 Å². The molecule has 2 aromatic rings. The molecule has 0 bridgehead atoms. The van der Waals surface area contributed by atoms with Crippen molar-refractivity contribution in [2.75, 3.05) is 19.8 Å². The maximum Gasteiger partial charge on any atom is 0.471 e. The van der Waals surface area contributed by atoms with Gasteiger partial charge in [-0.25, -0.2) is 0 Å². The predicted molar refractivity (Wildman–Crippen MR) is 157 cm³/mol. The zero-order valence-electron chi connectivity index (χ0n) is 24.5. The Bertz CT molecular complexity index is 1370. The number of carbonyl (C=O) groups excluding carboxylic acids is 4. The fourth-order valence-corrected chi connectivity index (χ4v) is 5.75. The van der Waals surface area contributed by atoms with Crippen molar-refractivity contribution in [3.05, 3.63) is 47.0 Å². The lowest BCUT2D eigenvalue weighted by molar-refractivity contribution is -0.173. The molecule has 0 aliphatic heterocycles. The summed E-state index contributed by atoms with van der Waals surface area (Å²) in [5.74, 6) is -4.90. The topological polar surface area (TPSA) is 182 Å². The van der Waals surface area contributed by atoms with Crippen LogP contribution in [0.1, 0.15) is 63.9 Å². The van der Waals surface area contributed by atoms with Gasteiger partial charge in [0.25, 0.3) is 0 Å². The Morgan fingerprint density at radius 3 is 2.43 bits per heavy atom. The molecule has 3 unspecified atom stereocenters. The summed E-state index contributed by atoms with van der Waals surface area (Å²) in [5.41, 5.74) is 1.97. The highest BCUT2D eigenvalue weighted by atomic mass is 19.4. The number of aromatic hydroxyl groups is 1. The highest BCUT2D eigenvalue weighted by molar-refractivity contribution is 6.03. The van der Waals surface area contributed by atoms with E-state index in [4.69, 9.17) is 4.74 Å². The average Bonchev–Trinajstić information content (AvgIpc) is 2.92. The summed E-state index contributed by atoms with van der Waals surface area (Å²) in [6.45, 7) is 1.95. The first-order chi connectivity index (χ1) is 20.3. The van der Waals surface area contributed by atoms with Gasteiger partial charge in [0.1, 0.15) is 23.1 Å². The van der Waals surface area contributed by atoms with Gasteiger partial charge in [-0.1, -0.05) is 12.1 Å². The normalized spacial score (nSPS) is 15.9. The van der Waals surface area contributed by atoms with Crippen molar-refractivity contribution >= 4 is 23.3 Å². The van der Waals surface area contributed by atoms with Crippen molar-refractivity contribution in [2.24, 2.45) is 17.8 Å². The Kier molecular flexibility index (Phi) is 13.0. The van der Waals surface area contributed by atoms with Crippen LogP contribution < -0.4 is 10.1 Å². The third-order valence-corrected chi connectivity index (χ3v) is 7.64. The largest absolute Gasteiger partial charge is 0.507 e. The van der Waals surface area contributed by atoms with Gasteiger partial charge >= 0.3 is 12.1 Å². The minimum atomic E-state index is -5.06. The van der Waals surface area contributed by atoms with Crippen LogP contribution in [0.3, 0.4) is 0 Å². The van der Waals surface area contributed by atoms with Gasteiger partial charge in [0.05, 0.1) is 25.2 Å². The van der Waals surface area contributed by atoms with Crippen LogP contribution >= 0.6 is 0 Å². The van der Waals surface area contributed by atoms with E-state index in [-0.39, 0.29) is 87.3 Å². The first-order valence-corrected chi connectivity index (χ1v) is 14.0. The molecular formula is C31H42F3NO9. The van der Waals surface area contributed by atoms with E-state index in [0.717, 1.165) is 0 Å². The molecule has 6 N–H and O–H groups in total. The lowest BCUT2D eigenvalue weighted by Crippen LogP contribution is -2.36. The number of halogens is 3. The Labute approximate surface area is 255 Å². The molecule has 44 heavy (non-hydrogen) atoms. The summed E-state index contributed by atoms with van der Waals surface area (Å²) in [4.78, 5) is 49.0. The standard InChI is InChI=1S/C31H36F3NO8.H2O.2H2/c1-3-43-28-7-4-19(14-21(28)15-35-30(42)31(32,33)34)22-5-6-25(39)29-23(22)12-18(13-27(29)41)11-20(8-9-36)24(16-37)26(40)10-17(2)38;;;/h4-7,14,18,20,24,36-37,39H,3,8-13,15-16H2,1-2H3,(H,35,42);1H2;2*1H. The average molecular weight is 630 g/mol. The third-order valence-electron chi connectivity index (χ3n) is 7.64. The smallest absolute Gasteiger partial charge is 0.471 e. The summed E-state index contributed by atoms with van der Waals surface area (Å²) >= 11 is 0. The number of ketones is 3. The number of benzene rings is 2. The van der Waals surface area contributed by atoms with E-state index in [1.165, 1.54) is 13.0 Å². The van der Waals surface area contributed by atoms with Crippen molar-refractivity contribution < 1.29 is 60.7 Å². The second kappa shape index (κ2) is 15.8. The van der Waals surface area contributed by atoms with Crippen LogP contribution in [0.25, 0.3) is 11.1 Å². The van der Waals surface area contributed by atoms with Gasteiger partial charge in [0.15, 0.2) is 5.78 Å². The number of fused-ring (bicyclic) bond motifs is 1. The predicted octanol–water partition coefficient (Wildman–Crippen LogP) is 3.59. The molecule has 1 amide bonds. The molecule has 0 aromatic heterocycles. The molecule has 1 aliphatic rings. The van der Waals surface area contributed by atoms with E-state index in [1.54, 1.807) is 31.2 Å². The van der Waals surface area contributed by atoms with E-state index < -0.39 is 42.9 Å². The van der Waals surface area contributed by atoms with Gasteiger partial charge in [-0.3, -0.25) is 19.2 Å². The number of Topliss-reactive ketones (excluding diaryl/α,β-unsaturated/α-hetero) is 3. The number of hydrogen-bond donors (Lipinski definition) is 4. The number of alkyl halides is 3. The third kappa shape index (κ3) is 8.87. The van der Waals surface area contributed by atoms with Crippen molar-refractivity contribution in [3.8, 4) is 22.6 Å². The van der Waals surface area contributed by atoms with Crippen LogP contribution in [-0.2, 0) is 27.3 Å². The number of aliphatic hydroxyl groups is 2. The molecule has 3 atom stereocenters. The van der Waals surface area contributed by atoms with Crippen molar-refractivity contribution in [2.45, 2.75) is 58.7 Å². The fraction of sp³-hybridized carbons (Fsp3) is 0.484. The highest BCUT2D eigenvalue weighted by Crippen LogP contribution is 2.42. The van der Waals surface area contributed by atoms with Gasteiger partial charge in [0, 0.05) is 33.9 Å². The van der Waals surface area contributed by atoms with Crippen molar-refractivity contribution in [1.29, 1.82) is 0 Å². The fourth-order valence-electron chi connectivity index (χ4n) is 5.75. The number of ether oxygens (including phenoxy) is 1. The lowest BCUT2D eigenvalue weighted by atomic mass is 9.72. The molecule has 0 saturated carbocycles. The zero-order valence-corrected chi connectivity index (χ0v) is 24.5. The molecule has 3 rings (SSSR count). The minimum Gasteiger partial charge on any atom is -0.507 e. The Morgan fingerprint density at radius 2 is 1.84 bits per heavy atom. The van der Waals surface area contributed by atoms with Crippen LogP contribution in [-0.4, -0.2) is 70.0 Å². The molecule has 0 spiro atoms. The Morgan fingerprint density at radius 1 is 1.14 bits per heavy atom. The molecular weight excluding hydrogens is 587 g/mol. The maximum absolute atomic E-state index is 13.3. The molecule has 0 saturated heterocycles. The molecule has 0 radical (unpaired) electrons. The van der Waals surface area contributed by atoms with Crippen LogP contribution in [0, 0.1) is 17.8 Å². The van der Waals surface area contributed by atoms with E-state index in [1.807, 2.05) is 5.32 Å². The van der Waals surface area contributed by atoms with E-state index in [9.17, 15) is 47.7 Å². The van der Waals surface area contributed by atoms with Crippen molar-refractivity contribution in [3.63, 3.8) is 0 Å². The molecule has 13 heteroatoms. The van der Waals surface area contributed by atoms with Crippen molar-refractivity contribution in [1.82, 2.24) is 5.32 Å². The van der Waals surface area contributed by atoms with Gasteiger partial charge in [-0.05, 0) is 79.8 Å². The first-order valence-electron chi connectivity index (χ1n) is 14.0. The molecule has 1 aliphatic carbocycles. The summed E-state index contributed by atoms with van der Waals surface area (Å²) in [6, 6.07) is 7.73. The van der Waals surface area contributed by atoms with E-state index >= 15 is 0 Å². The van der Waals surface area contributed by atoms with Crippen LogP contribution in [0.2, 0.25) is 0 Å². The molecule has 0 heterocycles. The number of hydrogen-bond acceptors (Lipinski definition) is 8. The Hall–Kier alpha value is -3.81. The Balaban J connectivity index is 0.00000675. The number of rotatable bonds is 14. The maximum atomic E-state index is 13.3. The highest BCUT2D eigenvalue weighted by Gasteiger charge is 2.38. The number of amides is 1. The van der Waals surface area contributed by atoms with Gasteiger partial charge in [-0.15, -0.1) is 0 Å². The second-order valence-electron chi connectivity index (χ2n) is 10.8. The van der Waals surface area contributed by atoms with Crippen LogP contribution in [0.5, 0.6) is 11.5 Å².